The van der Waals surface area contributed by atoms with Crippen LogP contribution in [0, 0.1) is 6.92 Å². The van der Waals surface area contributed by atoms with Crippen LogP contribution in [0.3, 0.4) is 0 Å². The number of fused-ring (bicyclic) bond motifs is 3. The van der Waals surface area contributed by atoms with Crippen LogP contribution in [-0.4, -0.2) is 47.2 Å². The summed E-state index contributed by atoms with van der Waals surface area (Å²) in [4.78, 5) is 38.7. The number of nitrogens with zero attached hydrogens (tertiary/aromatic N) is 5. The molecule has 9 heteroatoms. The number of rotatable bonds is 7. The van der Waals surface area contributed by atoms with Crippen molar-refractivity contribution >= 4 is 39.0 Å². The number of aryl methyl sites for hydroxylation is 2. The normalized spacial score (nSPS) is 16.1. The number of para-hydroxylation sites is 2. The van der Waals surface area contributed by atoms with E-state index in [2.05, 4.69) is 9.97 Å². The molecule has 3 aromatic heterocycles. The van der Waals surface area contributed by atoms with Gasteiger partial charge in [-0.25, -0.2) is 9.97 Å². The summed E-state index contributed by atoms with van der Waals surface area (Å²) in [6.07, 6.45) is 5.95. The molecular weight excluding hydrogens is 474 g/mol. The third-order valence-corrected chi connectivity index (χ3v) is 7.77. The monoisotopic (exact) mass is 497 g/mol. The van der Waals surface area contributed by atoms with E-state index in [4.69, 9.17) is 0 Å². The minimum atomic E-state index is -0.667. The van der Waals surface area contributed by atoms with E-state index in [1.54, 1.807) is 17.4 Å². The Balaban J connectivity index is 1.39. The van der Waals surface area contributed by atoms with Crippen LogP contribution < -0.4 is 0 Å². The summed E-state index contributed by atoms with van der Waals surface area (Å²) in [6.45, 7) is 2.93. The van der Waals surface area contributed by atoms with Gasteiger partial charge in [-0.15, -0.1) is 0 Å². The number of hydrogen-bond acceptors (Lipinski definition) is 6. The number of amides is 1. The van der Waals surface area contributed by atoms with E-state index in [-0.39, 0.29) is 11.4 Å². The minimum absolute atomic E-state index is 0.116. The number of hydrogen-bond donors (Lipinski definition) is 1. The van der Waals surface area contributed by atoms with Crippen molar-refractivity contribution in [2.75, 3.05) is 6.54 Å². The summed E-state index contributed by atoms with van der Waals surface area (Å²) >= 11 is 1.28. The molecule has 0 radical (unpaired) electrons. The molecule has 0 fully saturated rings. The Morgan fingerprint density at radius 3 is 2.64 bits per heavy atom. The number of Topliss-reactive ketones (excluding diaryl/α,β-unsaturated/α-hetero) is 1. The van der Waals surface area contributed by atoms with Crippen LogP contribution in [0.2, 0.25) is 0 Å². The average Bonchev–Trinajstić information content (AvgIpc) is 3.66. The third kappa shape index (κ3) is 3.51. The average molecular weight is 498 g/mol. The molecule has 6 rings (SSSR count). The number of thiazole rings is 1. The van der Waals surface area contributed by atoms with Gasteiger partial charge in [-0.2, -0.15) is 0 Å². The first-order valence-corrected chi connectivity index (χ1v) is 12.5. The molecule has 8 nitrogen and oxygen atoms in total. The lowest BCUT2D eigenvalue weighted by atomic mass is 9.95. The summed E-state index contributed by atoms with van der Waals surface area (Å²) in [5.41, 5.74) is 3.42. The first-order chi connectivity index (χ1) is 17.5. The van der Waals surface area contributed by atoms with Gasteiger partial charge in [0.25, 0.3) is 5.91 Å². The zero-order chi connectivity index (χ0) is 24.8. The molecule has 2 aromatic carbocycles. The number of ketones is 1. The second-order valence-electron chi connectivity index (χ2n) is 8.79. The molecule has 180 valence electrons. The molecule has 1 aliphatic heterocycles. The molecule has 0 saturated heterocycles. The van der Waals surface area contributed by atoms with Crippen molar-refractivity contribution in [2.45, 2.75) is 25.9 Å². The topological polar surface area (TPSA) is 92.7 Å². The van der Waals surface area contributed by atoms with Gasteiger partial charge in [-0.3, -0.25) is 14.0 Å². The number of carbonyl (C=O) groups is 2. The van der Waals surface area contributed by atoms with E-state index >= 15 is 0 Å². The summed E-state index contributed by atoms with van der Waals surface area (Å²) in [7, 11) is 0. The molecule has 4 heterocycles. The summed E-state index contributed by atoms with van der Waals surface area (Å²) in [5, 5.41) is 11.0. The fraction of sp³-hybridized carbons (Fsp3) is 0.185. The van der Waals surface area contributed by atoms with Crippen LogP contribution in [0.4, 0.5) is 0 Å². The maximum Gasteiger partial charge on any atom is 0.290 e. The fourth-order valence-electron chi connectivity index (χ4n) is 4.94. The van der Waals surface area contributed by atoms with Gasteiger partial charge in [-0.05, 0) is 31.0 Å². The zero-order valence-corrected chi connectivity index (χ0v) is 20.4. The fourth-order valence-corrected chi connectivity index (χ4v) is 6.03. The predicted molar refractivity (Wildman–Crippen MR) is 137 cm³/mol. The molecule has 36 heavy (non-hydrogen) atoms. The lowest BCUT2D eigenvalue weighted by Gasteiger charge is -2.27. The summed E-state index contributed by atoms with van der Waals surface area (Å²) in [6, 6.07) is 16.5. The van der Waals surface area contributed by atoms with Crippen LogP contribution in [-0.2, 0) is 11.3 Å². The molecule has 0 bridgehead atoms. The molecule has 1 unspecified atom stereocenters. The van der Waals surface area contributed by atoms with Crippen molar-refractivity contribution < 1.29 is 14.7 Å². The van der Waals surface area contributed by atoms with Crippen LogP contribution in [0.1, 0.15) is 33.4 Å². The van der Waals surface area contributed by atoms with Crippen molar-refractivity contribution in [3.05, 3.63) is 101 Å². The highest BCUT2D eigenvalue weighted by Crippen LogP contribution is 2.41. The largest absolute Gasteiger partial charge is 0.503 e. The predicted octanol–water partition coefficient (Wildman–Crippen LogP) is 4.72. The first-order valence-electron chi connectivity index (χ1n) is 11.7. The third-order valence-electron chi connectivity index (χ3n) is 6.63. The van der Waals surface area contributed by atoms with Gasteiger partial charge in [0.05, 0.1) is 33.9 Å². The van der Waals surface area contributed by atoms with E-state index < -0.39 is 17.7 Å². The van der Waals surface area contributed by atoms with Crippen molar-refractivity contribution in [2.24, 2.45) is 0 Å². The highest BCUT2D eigenvalue weighted by atomic mass is 32.1. The lowest BCUT2D eigenvalue weighted by molar-refractivity contribution is -0.129. The Bertz CT molecular complexity index is 1630. The second kappa shape index (κ2) is 8.76. The van der Waals surface area contributed by atoms with E-state index in [0.29, 0.717) is 29.3 Å². The van der Waals surface area contributed by atoms with E-state index in [1.807, 2.05) is 76.7 Å². The van der Waals surface area contributed by atoms with Gasteiger partial charge in [0.1, 0.15) is 0 Å². The van der Waals surface area contributed by atoms with E-state index in [1.165, 1.54) is 11.3 Å². The molecule has 1 atom stereocenters. The number of aliphatic hydroxyl groups excluding tert-OH is 1. The quantitative estimate of drug-likeness (QED) is 0.329. The Kier molecular flexibility index (Phi) is 5.41. The van der Waals surface area contributed by atoms with Gasteiger partial charge in [-0.1, -0.05) is 53.8 Å². The number of imidazole rings is 2. The molecule has 1 amide bonds. The van der Waals surface area contributed by atoms with Crippen LogP contribution >= 0.6 is 11.3 Å². The van der Waals surface area contributed by atoms with Gasteiger partial charge < -0.3 is 14.6 Å². The Morgan fingerprint density at radius 2 is 1.86 bits per heavy atom. The van der Waals surface area contributed by atoms with Crippen molar-refractivity contribution in [3.63, 3.8) is 0 Å². The maximum absolute atomic E-state index is 14.0. The van der Waals surface area contributed by atoms with Gasteiger partial charge >= 0.3 is 0 Å². The molecule has 0 spiro atoms. The van der Waals surface area contributed by atoms with Gasteiger partial charge in [0.15, 0.2) is 10.7 Å². The first kappa shape index (κ1) is 22.2. The van der Waals surface area contributed by atoms with E-state index in [0.717, 1.165) is 22.3 Å². The molecular formula is C27H23N5O3S. The molecule has 5 aromatic rings. The van der Waals surface area contributed by atoms with Crippen molar-refractivity contribution in [1.82, 2.24) is 23.8 Å². The molecule has 1 N–H and O–H groups in total. The maximum atomic E-state index is 14.0. The highest BCUT2D eigenvalue weighted by molar-refractivity contribution is 7.19. The zero-order valence-electron chi connectivity index (χ0n) is 19.5. The van der Waals surface area contributed by atoms with Crippen molar-refractivity contribution in [3.8, 4) is 0 Å². The molecule has 0 saturated carbocycles. The van der Waals surface area contributed by atoms with E-state index in [9.17, 15) is 14.7 Å². The van der Waals surface area contributed by atoms with Crippen molar-refractivity contribution in [1.29, 1.82) is 0 Å². The highest BCUT2D eigenvalue weighted by Gasteiger charge is 2.44. The standard InChI is InChI=1S/C27H23N5O3S/c1-17-25(36-27-29-19-10-5-6-11-20(19)32(17)27)23(33)21-22(18-8-3-2-4-9-18)31(26(35)24(21)34)14-7-13-30-15-12-28-16-30/h2-6,8-12,15-16,22,34H,7,13-14H2,1H3. The SMILES string of the molecule is Cc1c(C(=O)C2=C(O)C(=O)N(CCCn3ccnc3)C2c2ccccc2)sc2nc3ccccc3n12. The smallest absolute Gasteiger partial charge is 0.290 e. The Hall–Kier alpha value is -4.24. The number of aromatic nitrogens is 4. The summed E-state index contributed by atoms with van der Waals surface area (Å²) in [5.74, 6) is -1.35. The molecule has 1 aliphatic rings. The van der Waals surface area contributed by atoms with Gasteiger partial charge in [0.2, 0.25) is 5.78 Å². The number of carbonyl (C=O) groups excluding carboxylic acids is 2. The molecule has 0 aliphatic carbocycles. The number of benzene rings is 2. The van der Waals surface area contributed by atoms with Crippen LogP contribution in [0.25, 0.3) is 16.0 Å². The van der Waals surface area contributed by atoms with Gasteiger partial charge in [0, 0.05) is 31.2 Å². The number of aliphatic hydroxyl groups is 1. The lowest BCUT2D eigenvalue weighted by Crippen LogP contribution is -2.32. The van der Waals surface area contributed by atoms with Crippen LogP contribution in [0.15, 0.2) is 84.7 Å². The minimum Gasteiger partial charge on any atom is -0.503 e. The summed E-state index contributed by atoms with van der Waals surface area (Å²) < 4.78 is 3.90. The van der Waals surface area contributed by atoms with Crippen LogP contribution in [0.5, 0.6) is 0 Å². The second-order valence-corrected chi connectivity index (χ2v) is 9.77. The Labute approximate surface area is 210 Å². The Morgan fingerprint density at radius 1 is 1.08 bits per heavy atom.